The van der Waals surface area contributed by atoms with Crippen LogP contribution in [0.4, 0.5) is 0 Å². The lowest BCUT2D eigenvalue weighted by molar-refractivity contribution is -0.127. The van der Waals surface area contributed by atoms with Crippen LogP contribution in [0.3, 0.4) is 0 Å². The lowest BCUT2D eigenvalue weighted by Gasteiger charge is -2.15. The number of amides is 1. The molecule has 1 fully saturated rings. The van der Waals surface area contributed by atoms with Crippen molar-refractivity contribution in [1.29, 1.82) is 0 Å². The van der Waals surface area contributed by atoms with Gasteiger partial charge in [-0.05, 0) is 18.1 Å². The van der Waals surface area contributed by atoms with Crippen LogP contribution >= 0.6 is 11.6 Å². The molecule has 96 valence electrons. The maximum Gasteiger partial charge on any atom is 0.223 e. The van der Waals surface area contributed by atoms with E-state index in [1.165, 1.54) is 0 Å². The molecule has 0 radical (unpaired) electrons. The highest BCUT2D eigenvalue weighted by Gasteiger charge is 2.29. The second-order valence-corrected chi connectivity index (χ2v) is 5.06. The molecule has 1 aromatic carbocycles. The third-order valence-corrected chi connectivity index (χ3v) is 3.71. The Labute approximate surface area is 112 Å². The van der Waals surface area contributed by atoms with Crippen LogP contribution in [0, 0.1) is 5.92 Å². The van der Waals surface area contributed by atoms with E-state index in [0.717, 1.165) is 6.42 Å². The normalized spacial score (nSPS) is 19.3. The Morgan fingerprint density at radius 3 is 2.78 bits per heavy atom. The minimum absolute atomic E-state index is 0.0715. The fourth-order valence-electron chi connectivity index (χ4n) is 2.23. The Hall–Kier alpha value is -1.35. The first-order chi connectivity index (χ1) is 8.61. The number of Topliss-reactive ketones (excluding diaryl/α,β-unsaturated/α-hetero) is 1. The molecule has 2 rings (SSSR count). The second kappa shape index (κ2) is 5.53. The molecular formula is C14H16ClNO2. The molecule has 4 heteroatoms. The summed E-state index contributed by atoms with van der Waals surface area (Å²) in [5.41, 5.74) is 0.493. The number of likely N-dealkylation sites (tertiary alicyclic amines) is 1. The van der Waals surface area contributed by atoms with Gasteiger partial charge < -0.3 is 4.90 Å². The first-order valence-corrected chi connectivity index (χ1v) is 6.55. The SMILES string of the molecule is CCC1CC(=O)N(CC(=O)c2ccccc2Cl)C1. The van der Waals surface area contributed by atoms with Crippen molar-refractivity contribution < 1.29 is 9.59 Å². The van der Waals surface area contributed by atoms with Crippen LogP contribution in [0.2, 0.25) is 5.02 Å². The molecule has 0 aliphatic carbocycles. The fraction of sp³-hybridized carbons (Fsp3) is 0.429. The molecule has 0 saturated carbocycles. The molecule has 0 aromatic heterocycles. The minimum atomic E-state index is -0.0919. The smallest absolute Gasteiger partial charge is 0.223 e. The van der Waals surface area contributed by atoms with Gasteiger partial charge in [-0.2, -0.15) is 0 Å². The number of nitrogens with zero attached hydrogens (tertiary/aromatic N) is 1. The van der Waals surface area contributed by atoms with Gasteiger partial charge in [0, 0.05) is 18.5 Å². The lowest BCUT2D eigenvalue weighted by atomic mass is 10.1. The molecule has 0 bridgehead atoms. The third-order valence-electron chi connectivity index (χ3n) is 3.38. The van der Waals surface area contributed by atoms with Gasteiger partial charge in [-0.15, -0.1) is 0 Å². The van der Waals surface area contributed by atoms with Gasteiger partial charge in [-0.3, -0.25) is 9.59 Å². The van der Waals surface area contributed by atoms with Crippen molar-refractivity contribution >= 4 is 23.3 Å². The van der Waals surface area contributed by atoms with Crippen LogP contribution < -0.4 is 0 Å². The summed E-state index contributed by atoms with van der Waals surface area (Å²) < 4.78 is 0. The number of carbonyl (C=O) groups excluding carboxylic acids is 2. The van der Waals surface area contributed by atoms with Crippen LogP contribution in [0.25, 0.3) is 0 Å². The van der Waals surface area contributed by atoms with E-state index in [-0.39, 0.29) is 18.2 Å². The highest BCUT2D eigenvalue weighted by atomic mass is 35.5. The molecule has 1 unspecified atom stereocenters. The number of hydrogen-bond acceptors (Lipinski definition) is 2. The standard InChI is InChI=1S/C14H16ClNO2/c1-2-10-7-14(18)16(8-10)9-13(17)11-5-3-4-6-12(11)15/h3-6,10H,2,7-9H2,1H3. The third kappa shape index (κ3) is 2.72. The summed E-state index contributed by atoms with van der Waals surface area (Å²) in [5.74, 6) is 0.365. The zero-order chi connectivity index (χ0) is 13.1. The molecule has 18 heavy (non-hydrogen) atoms. The minimum Gasteiger partial charge on any atom is -0.335 e. The molecule has 1 saturated heterocycles. The molecular weight excluding hydrogens is 250 g/mol. The van der Waals surface area contributed by atoms with Gasteiger partial charge in [0.25, 0.3) is 0 Å². The zero-order valence-electron chi connectivity index (χ0n) is 10.4. The molecule has 1 amide bonds. The highest BCUT2D eigenvalue weighted by molar-refractivity contribution is 6.34. The van der Waals surface area contributed by atoms with E-state index in [1.807, 2.05) is 0 Å². The summed E-state index contributed by atoms with van der Waals surface area (Å²) in [6.45, 7) is 2.89. The Bertz CT molecular complexity index is 473. The van der Waals surface area contributed by atoms with Gasteiger partial charge >= 0.3 is 0 Å². The van der Waals surface area contributed by atoms with E-state index in [9.17, 15) is 9.59 Å². The van der Waals surface area contributed by atoms with Crippen LogP contribution in [-0.2, 0) is 4.79 Å². The summed E-state index contributed by atoms with van der Waals surface area (Å²) >= 11 is 5.97. The Morgan fingerprint density at radius 2 is 2.17 bits per heavy atom. The molecule has 1 heterocycles. The van der Waals surface area contributed by atoms with Gasteiger partial charge in [-0.25, -0.2) is 0 Å². The zero-order valence-corrected chi connectivity index (χ0v) is 11.1. The Kier molecular flexibility index (Phi) is 4.02. The quantitative estimate of drug-likeness (QED) is 0.785. The van der Waals surface area contributed by atoms with Crippen molar-refractivity contribution in [3.05, 3.63) is 34.9 Å². The highest BCUT2D eigenvalue weighted by Crippen LogP contribution is 2.22. The van der Waals surface area contributed by atoms with Crippen LogP contribution in [0.1, 0.15) is 30.1 Å². The first-order valence-electron chi connectivity index (χ1n) is 6.17. The number of rotatable bonds is 4. The van der Waals surface area contributed by atoms with Crippen LogP contribution in [0.15, 0.2) is 24.3 Å². The van der Waals surface area contributed by atoms with Crippen molar-refractivity contribution in [2.24, 2.45) is 5.92 Å². The van der Waals surface area contributed by atoms with E-state index in [0.29, 0.717) is 29.5 Å². The van der Waals surface area contributed by atoms with Gasteiger partial charge in [0.15, 0.2) is 5.78 Å². The number of halogens is 1. The van der Waals surface area contributed by atoms with Crippen molar-refractivity contribution in [2.45, 2.75) is 19.8 Å². The summed E-state index contributed by atoms with van der Waals surface area (Å²) in [7, 11) is 0. The summed E-state index contributed by atoms with van der Waals surface area (Å²) in [5, 5.41) is 0.446. The molecule has 1 aliphatic heterocycles. The lowest BCUT2D eigenvalue weighted by Crippen LogP contribution is -2.31. The Morgan fingerprint density at radius 1 is 1.44 bits per heavy atom. The molecule has 1 aromatic rings. The average molecular weight is 266 g/mol. The second-order valence-electron chi connectivity index (χ2n) is 4.66. The molecule has 0 spiro atoms. The molecule has 3 nitrogen and oxygen atoms in total. The number of ketones is 1. The van der Waals surface area contributed by atoms with Crippen molar-refractivity contribution in [2.75, 3.05) is 13.1 Å². The van der Waals surface area contributed by atoms with Crippen molar-refractivity contribution in [1.82, 2.24) is 4.90 Å². The first kappa shape index (κ1) is 13.1. The van der Waals surface area contributed by atoms with Gasteiger partial charge in [0.1, 0.15) is 0 Å². The van der Waals surface area contributed by atoms with Crippen molar-refractivity contribution in [3.63, 3.8) is 0 Å². The van der Waals surface area contributed by atoms with Crippen LogP contribution in [0.5, 0.6) is 0 Å². The number of carbonyl (C=O) groups is 2. The summed E-state index contributed by atoms with van der Waals surface area (Å²) in [4.78, 5) is 25.5. The van der Waals surface area contributed by atoms with Gasteiger partial charge in [0.05, 0.1) is 11.6 Å². The van der Waals surface area contributed by atoms with E-state index < -0.39 is 0 Å². The molecule has 1 aliphatic rings. The predicted octanol–water partition coefficient (Wildman–Crippen LogP) is 2.78. The largest absolute Gasteiger partial charge is 0.335 e. The van der Waals surface area contributed by atoms with E-state index in [1.54, 1.807) is 29.2 Å². The fourth-order valence-corrected chi connectivity index (χ4v) is 2.47. The topological polar surface area (TPSA) is 37.4 Å². The van der Waals surface area contributed by atoms with Crippen LogP contribution in [-0.4, -0.2) is 29.7 Å². The number of hydrogen-bond donors (Lipinski definition) is 0. The van der Waals surface area contributed by atoms with Gasteiger partial charge in [0.2, 0.25) is 5.91 Å². The molecule has 0 N–H and O–H groups in total. The van der Waals surface area contributed by atoms with Crippen molar-refractivity contribution in [3.8, 4) is 0 Å². The Balaban J connectivity index is 2.05. The maximum absolute atomic E-state index is 12.1. The summed E-state index contributed by atoms with van der Waals surface area (Å²) in [6.07, 6.45) is 1.54. The monoisotopic (exact) mass is 265 g/mol. The summed E-state index contributed by atoms with van der Waals surface area (Å²) in [6, 6.07) is 6.95. The van der Waals surface area contributed by atoms with Gasteiger partial charge in [-0.1, -0.05) is 37.1 Å². The predicted molar refractivity (Wildman–Crippen MR) is 70.8 cm³/mol. The average Bonchev–Trinajstić information content (AvgIpc) is 2.70. The number of benzene rings is 1. The molecule has 1 atom stereocenters. The van der Waals surface area contributed by atoms with E-state index in [4.69, 9.17) is 11.6 Å². The van der Waals surface area contributed by atoms with E-state index >= 15 is 0 Å². The maximum atomic E-state index is 12.1. The van der Waals surface area contributed by atoms with E-state index in [2.05, 4.69) is 6.92 Å².